The molecular formula is C35H32N4O4. The summed E-state index contributed by atoms with van der Waals surface area (Å²) in [4.78, 5) is 43.6. The second-order valence-electron chi connectivity index (χ2n) is 12.1. The number of pyridine rings is 1. The van der Waals surface area contributed by atoms with Crippen molar-refractivity contribution in [2.75, 3.05) is 5.32 Å². The van der Waals surface area contributed by atoms with Gasteiger partial charge in [-0.05, 0) is 72.6 Å². The van der Waals surface area contributed by atoms with Crippen LogP contribution in [0.25, 0.3) is 17.0 Å². The molecule has 0 unspecified atom stereocenters. The van der Waals surface area contributed by atoms with E-state index in [4.69, 9.17) is 4.42 Å². The summed E-state index contributed by atoms with van der Waals surface area (Å²) >= 11 is 0. The number of benzene rings is 2. The molecule has 7 rings (SSSR count). The van der Waals surface area contributed by atoms with Crippen molar-refractivity contribution < 1.29 is 18.8 Å². The topological polar surface area (TPSA) is 106 Å². The lowest BCUT2D eigenvalue weighted by Crippen LogP contribution is -2.29. The number of carbonyl (C=O) groups excluding carboxylic acids is 3. The highest BCUT2D eigenvalue weighted by molar-refractivity contribution is 6.53. The monoisotopic (exact) mass is 572 g/mol. The lowest BCUT2D eigenvalue weighted by Gasteiger charge is -2.34. The van der Waals surface area contributed by atoms with Crippen LogP contribution < -0.4 is 10.6 Å². The van der Waals surface area contributed by atoms with Gasteiger partial charge in [0.15, 0.2) is 0 Å². The van der Waals surface area contributed by atoms with Crippen molar-refractivity contribution >= 4 is 28.8 Å². The Morgan fingerprint density at radius 2 is 1.79 bits per heavy atom. The van der Waals surface area contributed by atoms with Crippen molar-refractivity contribution in [3.63, 3.8) is 0 Å². The van der Waals surface area contributed by atoms with E-state index in [1.54, 1.807) is 24.7 Å². The molecule has 5 aromatic rings. The van der Waals surface area contributed by atoms with E-state index in [2.05, 4.69) is 35.5 Å². The molecule has 2 aliphatic carbocycles. The maximum atomic E-state index is 13.4. The van der Waals surface area contributed by atoms with Crippen molar-refractivity contribution in [3.8, 4) is 11.3 Å². The Balaban J connectivity index is 1.06. The molecule has 0 radical (unpaired) electrons. The van der Waals surface area contributed by atoms with E-state index in [0.29, 0.717) is 46.9 Å². The van der Waals surface area contributed by atoms with E-state index in [0.717, 1.165) is 52.9 Å². The van der Waals surface area contributed by atoms with Crippen LogP contribution in [0.1, 0.15) is 85.8 Å². The smallest absolute Gasteiger partial charge is 0.253 e. The molecule has 1 amide bonds. The zero-order valence-electron chi connectivity index (χ0n) is 24.4. The van der Waals surface area contributed by atoms with E-state index >= 15 is 0 Å². The Hall–Kier alpha value is -4.98. The van der Waals surface area contributed by atoms with Crippen molar-refractivity contribution in [3.05, 3.63) is 112 Å². The molecule has 3 aromatic heterocycles. The number of rotatable bonds is 6. The SMILES string of the molecule is Cc1c(CNc2ccc(CNC(=O)c3ccc4nccn4c3)cc2)oc2c1C(=O)C(=O)c1c-2ccc2c1CCCC2(C)C. The standard InChI is InChI=1S/C35H32N4O4/c1-20-27(43-33-25-11-12-26-24(5-4-14-35(26,2)3)30(25)32(41)31(40)29(20)33)18-37-23-9-6-21(7-10-23)17-38-34(42)22-8-13-28-36-15-16-39(28)19-22/h6-13,15-16,19,37H,4-5,14,17-18H2,1-3H3,(H,38,42). The van der Waals surface area contributed by atoms with Crippen LogP contribution in [-0.4, -0.2) is 26.9 Å². The molecule has 43 heavy (non-hydrogen) atoms. The van der Waals surface area contributed by atoms with Crippen LogP contribution in [-0.2, 0) is 24.9 Å². The number of carbonyl (C=O) groups is 3. The second-order valence-corrected chi connectivity index (χ2v) is 12.1. The van der Waals surface area contributed by atoms with Gasteiger partial charge in [-0.1, -0.05) is 38.1 Å². The van der Waals surface area contributed by atoms with E-state index in [1.165, 1.54) is 0 Å². The van der Waals surface area contributed by atoms with Gasteiger partial charge in [0.25, 0.3) is 5.91 Å². The van der Waals surface area contributed by atoms with E-state index < -0.39 is 11.6 Å². The first-order chi connectivity index (χ1) is 20.7. The average molecular weight is 573 g/mol. The number of fused-ring (bicyclic) bond motifs is 6. The van der Waals surface area contributed by atoms with Crippen molar-refractivity contribution in [1.29, 1.82) is 0 Å². The lowest BCUT2D eigenvalue weighted by atomic mass is 9.69. The fourth-order valence-electron chi connectivity index (χ4n) is 6.51. The van der Waals surface area contributed by atoms with Gasteiger partial charge in [-0.25, -0.2) is 4.98 Å². The average Bonchev–Trinajstić information content (AvgIpc) is 3.61. The van der Waals surface area contributed by atoms with Crippen LogP contribution in [0.15, 0.2) is 71.5 Å². The number of ketones is 2. The van der Waals surface area contributed by atoms with Crippen LogP contribution in [0.5, 0.6) is 0 Å². The molecule has 0 saturated heterocycles. The fraction of sp³-hybridized carbons (Fsp3) is 0.257. The van der Waals surface area contributed by atoms with Crippen LogP contribution in [0, 0.1) is 6.92 Å². The van der Waals surface area contributed by atoms with E-state index in [-0.39, 0.29) is 11.3 Å². The van der Waals surface area contributed by atoms with Gasteiger partial charge in [0.2, 0.25) is 11.6 Å². The van der Waals surface area contributed by atoms with Gasteiger partial charge in [-0.2, -0.15) is 0 Å². The van der Waals surface area contributed by atoms with Crippen LogP contribution in [0.4, 0.5) is 5.69 Å². The first-order valence-electron chi connectivity index (χ1n) is 14.6. The second kappa shape index (κ2) is 10.1. The Kier molecular flexibility index (Phi) is 6.31. The number of anilines is 1. The third-order valence-corrected chi connectivity index (χ3v) is 8.93. The molecule has 2 aliphatic rings. The number of nitrogens with one attached hydrogen (secondary N) is 2. The zero-order valence-corrected chi connectivity index (χ0v) is 24.4. The van der Waals surface area contributed by atoms with Crippen molar-refractivity contribution in [2.24, 2.45) is 0 Å². The first kappa shape index (κ1) is 26.9. The predicted molar refractivity (Wildman–Crippen MR) is 164 cm³/mol. The summed E-state index contributed by atoms with van der Waals surface area (Å²) < 4.78 is 8.12. The van der Waals surface area contributed by atoms with E-state index in [1.807, 2.05) is 47.7 Å². The van der Waals surface area contributed by atoms with Gasteiger partial charge in [0, 0.05) is 47.5 Å². The molecule has 0 atom stereocenters. The number of nitrogens with zero attached hydrogens (tertiary/aromatic N) is 2. The summed E-state index contributed by atoms with van der Waals surface area (Å²) in [5, 5.41) is 6.32. The van der Waals surface area contributed by atoms with Gasteiger partial charge in [-0.15, -0.1) is 0 Å². The maximum Gasteiger partial charge on any atom is 0.253 e. The minimum absolute atomic E-state index is 0.0305. The minimum atomic E-state index is -0.483. The molecule has 8 heteroatoms. The molecule has 8 nitrogen and oxygen atoms in total. The number of Topliss-reactive ketones (excluding diaryl/α,β-unsaturated/α-hetero) is 2. The predicted octanol–water partition coefficient (Wildman–Crippen LogP) is 6.44. The van der Waals surface area contributed by atoms with Gasteiger partial charge < -0.3 is 19.5 Å². The quantitative estimate of drug-likeness (QED) is 0.227. The Morgan fingerprint density at radius 3 is 2.60 bits per heavy atom. The molecule has 0 aliphatic heterocycles. The molecular weight excluding hydrogens is 540 g/mol. The summed E-state index contributed by atoms with van der Waals surface area (Å²) in [6.45, 7) is 6.99. The highest BCUT2D eigenvalue weighted by Gasteiger charge is 2.40. The maximum absolute atomic E-state index is 13.4. The van der Waals surface area contributed by atoms with Crippen molar-refractivity contribution in [2.45, 2.75) is 58.5 Å². The minimum Gasteiger partial charge on any atom is -0.458 e. The molecule has 0 spiro atoms. The summed E-state index contributed by atoms with van der Waals surface area (Å²) in [6.07, 6.45) is 8.10. The Labute approximate surface area is 249 Å². The Bertz CT molecular complexity index is 1940. The first-order valence-corrected chi connectivity index (χ1v) is 14.6. The largest absolute Gasteiger partial charge is 0.458 e. The number of hydrogen-bond acceptors (Lipinski definition) is 6. The zero-order chi connectivity index (χ0) is 29.9. The summed E-state index contributed by atoms with van der Waals surface area (Å²) in [5.74, 6) is 0.0593. The molecule has 0 fully saturated rings. The van der Waals surface area contributed by atoms with Gasteiger partial charge in [0.05, 0.1) is 17.7 Å². The van der Waals surface area contributed by atoms with Crippen LogP contribution in [0.2, 0.25) is 0 Å². The molecule has 2 aromatic carbocycles. The summed E-state index contributed by atoms with van der Waals surface area (Å²) in [6, 6.07) is 15.4. The number of hydrogen-bond donors (Lipinski definition) is 2. The van der Waals surface area contributed by atoms with Crippen LogP contribution in [0.3, 0.4) is 0 Å². The van der Waals surface area contributed by atoms with Crippen LogP contribution >= 0.6 is 0 Å². The van der Waals surface area contributed by atoms with Crippen molar-refractivity contribution in [1.82, 2.24) is 14.7 Å². The summed E-state index contributed by atoms with van der Waals surface area (Å²) in [5.41, 5.74) is 7.63. The third kappa shape index (κ3) is 4.54. The molecule has 0 saturated carbocycles. The van der Waals surface area contributed by atoms with Gasteiger partial charge in [-0.3, -0.25) is 14.4 Å². The summed E-state index contributed by atoms with van der Waals surface area (Å²) in [7, 11) is 0. The fourth-order valence-corrected chi connectivity index (χ4v) is 6.51. The molecule has 0 bridgehead atoms. The molecule has 3 heterocycles. The number of amides is 1. The highest BCUT2D eigenvalue weighted by atomic mass is 16.3. The third-order valence-electron chi connectivity index (χ3n) is 8.93. The molecule has 216 valence electrons. The van der Waals surface area contributed by atoms with Gasteiger partial charge >= 0.3 is 0 Å². The number of aromatic nitrogens is 2. The number of furan rings is 1. The number of imidazole rings is 1. The van der Waals surface area contributed by atoms with Gasteiger partial charge in [0.1, 0.15) is 17.2 Å². The highest BCUT2D eigenvalue weighted by Crippen LogP contribution is 2.45. The Morgan fingerprint density at radius 1 is 1.00 bits per heavy atom. The van der Waals surface area contributed by atoms with E-state index in [9.17, 15) is 14.4 Å². The normalized spacial score (nSPS) is 15.1. The lowest BCUT2D eigenvalue weighted by molar-refractivity contribution is 0.0813. The molecule has 2 N–H and O–H groups in total.